The smallest absolute Gasteiger partial charge is 0.0594 e. The lowest BCUT2D eigenvalue weighted by molar-refractivity contribution is 0.0342. The van der Waals surface area contributed by atoms with E-state index in [0.717, 1.165) is 51.4 Å². The molecule has 0 spiro atoms. The minimum absolute atomic E-state index is 0.784. The fraction of sp³-hybridized carbons (Fsp3) is 0.739. The average Bonchev–Trinajstić information content (AvgIpc) is 3.24. The van der Waals surface area contributed by atoms with Gasteiger partial charge in [-0.1, -0.05) is 24.3 Å². The van der Waals surface area contributed by atoms with Crippen molar-refractivity contribution in [1.29, 1.82) is 0 Å². The monoisotopic (exact) mass is 371 g/mol. The maximum atomic E-state index is 5.47. The zero-order valence-electron chi connectivity index (χ0n) is 17.1. The summed E-state index contributed by atoms with van der Waals surface area (Å²) in [4.78, 5) is 7.91. The molecule has 4 heteroatoms. The predicted molar refractivity (Wildman–Crippen MR) is 111 cm³/mol. The fourth-order valence-electron chi connectivity index (χ4n) is 5.14. The Hall–Kier alpha value is -0.940. The van der Waals surface area contributed by atoms with Crippen LogP contribution in [0.1, 0.15) is 43.7 Å². The van der Waals surface area contributed by atoms with E-state index >= 15 is 0 Å². The number of piperidine rings is 1. The molecular weight excluding hydrogens is 334 g/mol. The number of rotatable bonds is 6. The second kappa shape index (κ2) is 9.51. The summed E-state index contributed by atoms with van der Waals surface area (Å²) in [6, 6.07) is 10.0. The lowest BCUT2D eigenvalue weighted by Crippen LogP contribution is -2.42. The topological polar surface area (TPSA) is 19.0 Å². The Bertz CT molecular complexity index is 573. The molecule has 150 valence electrons. The van der Waals surface area contributed by atoms with Gasteiger partial charge in [-0.3, -0.25) is 9.80 Å². The number of ether oxygens (including phenoxy) is 1. The first kappa shape index (κ1) is 19.4. The van der Waals surface area contributed by atoms with Crippen molar-refractivity contribution in [1.82, 2.24) is 14.7 Å². The van der Waals surface area contributed by atoms with E-state index in [1.165, 1.54) is 63.0 Å². The van der Waals surface area contributed by atoms with Crippen LogP contribution in [0.4, 0.5) is 0 Å². The molecule has 3 fully saturated rings. The first-order valence-electron chi connectivity index (χ1n) is 11.1. The van der Waals surface area contributed by atoms with Crippen LogP contribution in [-0.4, -0.2) is 73.2 Å². The third-order valence-corrected chi connectivity index (χ3v) is 6.94. The van der Waals surface area contributed by atoms with Crippen molar-refractivity contribution >= 4 is 0 Å². The SMILES string of the molecule is C[C@@H](C1CCN(Cc2cccc(CN3CCOCC3)c2)CC1)N1CCCC1. The molecule has 0 aromatic heterocycles. The highest BCUT2D eigenvalue weighted by molar-refractivity contribution is 5.23. The molecule has 3 heterocycles. The number of hydrogen-bond donors (Lipinski definition) is 0. The summed E-state index contributed by atoms with van der Waals surface area (Å²) in [6.45, 7) is 13.7. The Morgan fingerprint density at radius 3 is 2.11 bits per heavy atom. The molecule has 1 atom stereocenters. The molecule has 0 amide bonds. The maximum absolute atomic E-state index is 5.47. The van der Waals surface area contributed by atoms with Gasteiger partial charge < -0.3 is 9.64 Å². The summed E-state index contributed by atoms with van der Waals surface area (Å²) >= 11 is 0. The van der Waals surface area contributed by atoms with Gasteiger partial charge >= 0.3 is 0 Å². The Labute approximate surface area is 165 Å². The first-order chi connectivity index (χ1) is 13.3. The molecule has 0 saturated carbocycles. The zero-order chi connectivity index (χ0) is 18.5. The van der Waals surface area contributed by atoms with E-state index in [-0.39, 0.29) is 0 Å². The lowest BCUT2D eigenvalue weighted by atomic mass is 9.89. The highest BCUT2D eigenvalue weighted by Crippen LogP contribution is 2.27. The second-order valence-electron chi connectivity index (χ2n) is 8.81. The van der Waals surface area contributed by atoms with Crippen LogP contribution in [0, 0.1) is 5.92 Å². The molecule has 1 aromatic rings. The van der Waals surface area contributed by atoms with E-state index in [9.17, 15) is 0 Å². The van der Waals surface area contributed by atoms with Crippen molar-refractivity contribution in [2.24, 2.45) is 5.92 Å². The highest BCUT2D eigenvalue weighted by Gasteiger charge is 2.28. The van der Waals surface area contributed by atoms with Gasteiger partial charge in [0.1, 0.15) is 0 Å². The lowest BCUT2D eigenvalue weighted by Gasteiger charge is -2.38. The quantitative estimate of drug-likeness (QED) is 0.764. The van der Waals surface area contributed by atoms with Crippen molar-refractivity contribution in [2.45, 2.75) is 51.7 Å². The molecule has 4 nitrogen and oxygen atoms in total. The van der Waals surface area contributed by atoms with Crippen LogP contribution in [0.5, 0.6) is 0 Å². The predicted octanol–water partition coefficient (Wildman–Crippen LogP) is 3.22. The number of nitrogens with zero attached hydrogens (tertiary/aromatic N) is 3. The molecular formula is C23H37N3O. The van der Waals surface area contributed by atoms with Gasteiger partial charge in [0.15, 0.2) is 0 Å². The summed E-state index contributed by atoms with van der Waals surface area (Å²) < 4.78 is 5.47. The third kappa shape index (κ3) is 5.32. The van der Waals surface area contributed by atoms with E-state index in [1.807, 2.05) is 0 Å². The van der Waals surface area contributed by atoms with Crippen molar-refractivity contribution < 1.29 is 4.74 Å². The van der Waals surface area contributed by atoms with Crippen molar-refractivity contribution in [2.75, 3.05) is 52.5 Å². The van der Waals surface area contributed by atoms with E-state index in [2.05, 4.69) is 45.9 Å². The van der Waals surface area contributed by atoms with Crippen LogP contribution in [-0.2, 0) is 17.8 Å². The molecule has 3 aliphatic heterocycles. The normalized spacial score (nSPS) is 25.1. The molecule has 0 aliphatic carbocycles. The van der Waals surface area contributed by atoms with Crippen LogP contribution in [0.15, 0.2) is 24.3 Å². The van der Waals surface area contributed by atoms with Crippen LogP contribution in [0.2, 0.25) is 0 Å². The molecule has 3 aliphatic rings. The number of benzene rings is 1. The van der Waals surface area contributed by atoms with Crippen LogP contribution >= 0.6 is 0 Å². The summed E-state index contributed by atoms with van der Waals surface area (Å²) in [6.07, 6.45) is 5.55. The summed E-state index contributed by atoms with van der Waals surface area (Å²) in [5.41, 5.74) is 2.93. The third-order valence-electron chi connectivity index (χ3n) is 6.94. The van der Waals surface area contributed by atoms with E-state index in [0.29, 0.717) is 0 Å². The Balaban J connectivity index is 1.25. The van der Waals surface area contributed by atoms with E-state index in [4.69, 9.17) is 4.74 Å². The Morgan fingerprint density at radius 1 is 0.889 bits per heavy atom. The molecule has 0 radical (unpaired) electrons. The zero-order valence-corrected chi connectivity index (χ0v) is 17.1. The second-order valence-corrected chi connectivity index (χ2v) is 8.81. The number of hydrogen-bond acceptors (Lipinski definition) is 4. The van der Waals surface area contributed by atoms with Gasteiger partial charge in [0.05, 0.1) is 13.2 Å². The average molecular weight is 372 g/mol. The maximum Gasteiger partial charge on any atom is 0.0594 e. The van der Waals surface area contributed by atoms with Crippen LogP contribution in [0.25, 0.3) is 0 Å². The number of likely N-dealkylation sites (tertiary alicyclic amines) is 2. The van der Waals surface area contributed by atoms with Crippen LogP contribution in [0.3, 0.4) is 0 Å². The van der Waals surface area contributed by atoms with Crippen molar-refractivity contribution in [3.8, 4) is 0 Å². The van der Waals surface area contributed by atoms with Crippen molar-refractivity contribution in [3.05, 3.63) is 35.4 Å². The number of morpholine rings is 1. The van der Waals surface area contributed by atoms with Gasteiger partial charge in [-0.25, -0.2) is 0 Å². The molecule has 0 unspecified atom stereocenters. The van der Waals surface area contributed by atoms with E-state index < -0.39 is 0 Å². The summed E-state index contributed by atoms with van der Waals surface area (Å²) in [5, 5.41) is 0. The molecule has 0 bridgehead atoms. The molecule has 4 rings (SSSR count). The van der Waals surface area contributed by atoms with Gasteiger partial charge in [0.2, 0.25) is 0 Å². The molecule has 0 N–H and O–H groups in total. The Kier molecular flexibility index (Phi) is 6.82. The molecule has 3 saturated heterocycles. The minimum atomic E-state index is 0.784. The van der Waals surface area contributed by atoms with Gasteiger partial charge in [-0.2, -0.15) is 0 Å². The van der Waals surface area contributed by atoms with Gasteiger partial charge in [-0.05, 0) is 75.8 Å². The Morgan fingerprint density at radius 2 is 1.48 bits per heavy atom. The van der Waals surface area contributed by atoms with Crippen LogP contribution < -0.4 is 0 Å². The van der Waals surface area contributed by atoms with Gasteiger partial charge in [0.25, 0.3) is 0 Å². The van der Waals surface area contributed by atoms with Gasteiger partial charge in [-0.15, -0.1) is 0 Å². The van der Waals surface area contributed by atoms with E-state index in [1.54, 1.807) is 0 Å². The molecule has 1 aromatic carbocycles. The summed E-state index contributed by atoms with van der Waals surface area (Å²) in [7, 11) is 0. The summed E-state index contributed by atoms with van der Waals surface area (Å²) in [5.74, 6) is 0.895. The highest BCUT2D eigenvalue weighted by atomic mass is 16.5. The largest absolute Gasteiger partial charge is 0.379 e. The first-order valence-corrected chi connectivity index (χ1v) is 11.1. The van der Waals surface area contributed by atoms with Gasteiger partial charge in [0, 0.05) is 32.2 Å². The standard InChI is InChI=1S/C23H37N3O/c1-20(26-9-2-3-10-26)23-7-11-24(12-8-23)18-21-5-4-6-22(17-21)19-25-13-15-27-16-14-25/h4-6,17,20,23H,2-3,7-16,18-19H2,1H3/t20-/m0/s1. The van der Waals surface area contributed by atoms with Crippen molar-refractivity contribution in [3.63, 3.8) is 0 Å². The fourth-order valence-corrected chi connectivity index (χ4v) is 5.14. The molecule has 27 heavy (non-hydrogen) atoms. The minimum Gasteiger partial charge on any atom is -0.379 e.